The number of halogens is 2. The summed E-state index contributed by atoms with van der Waals surface area (Å²) in [5.41, 5.74) is 6.15. The number of carbonyl (C=O) groups excluding carboxylic acids is 2. The van der Waals surface area contributed by atoms with Crippen molar-refractivity contribution < 1.29 is 23.1 Å². The molecule has 0 saturated carbocycles. The minimum Gasteiger partial charge on any atom is -0.433 e. The highest BCUT2D eigenvalue weighted by Crippen LogP contribution is 2.27. The van der Waals surface area contributed by atoms with Crippen LogP contribution >= 0.6 is 0 Å². The summed E-state index contributed by atoms with van der Waals surface area (Å²) in [5, 5.41) is 8.05. The fourth-order valence-corrected chi connectivity index (χ4v) is 2.65. The van der Waals surface area contributed by atoms with E-state index in [2.05, 4.69) is 15.2 Å². The molecule has 1 aliphatic rings. The van der Waals surface area contributed by atoms with Gasteiger partial charge in [0, 0.05) is 6.42 Å². The molecule has 0 aliphatic carbocycles. The molecule has 3 N–H and O–H groups in total. The number of nitrogens with zero attached hydrogens (tertiary/aromatic N) is 2. The lowest BCUT2D eigenvalue weighted by Crippen LogP contribution is -2.39. The maximum Gasteiger partial charge on any atom is 0.387 e. The van der Waals surface area contributed by atoms with Crippen molar-refractivity contribution in [2.45, 2.75) is 19.1 Å². The second-order valence-electron chi connectivity index (χ2n) is 5.68. The van der Waals surface area contributed by atoms with Crippen LogP contribution < -0.4 is 20.8 Å². The first-order chi connectivity index (χ1) is 13.0. The van der Waals surface area contributed by atoms with Crippen LogP contribution in [0.5, 0.6) is 5.75 Å². The Kier molecular flexibility index (Phi) is 5.30. The number of primary amides is 1. The molecule has 3 rings (SSSR count). The Morgan fingerprint density at radius 3 is 2.48 bits per heavy atom. The summed E-state index contributed by atoms with van der Waals surface area (Å²) in [4.78, 5) is 24.3. The van der Waals surface area contributed by atoms with Crippen LogP contribution in [0.25, 0.3) is 0 Å². The molecule has 1 heterocycles. The smallest absolute Gasteiger partial charge is 0.387 e. The molecule has 2 aromatic carbocycles. The Morgan fingerprint density at radius 2 is 1.81 bits per heavy atom. The summed E-state index contributed by atoms with van der Waals surface area (Å²) in [7, 11) is 0. The van der Waals surface area contributed by atoms with Crippen LogP contribution in [0, 0.1) is 0 Å². The Balaban J connectivity index is 1.82. The zero-order valence-electron chi connectivity index (χ0n) is 14.0. The first-order valence-corrected chi connectivity index (χ1v) is 8.02. The summed E-state index contributed by atoms with van der Waals surface area (Å²) in [6.45, 7) is -3.03. The van der Waals surface area contributed by atoms with Gasteiger partial charge in [0.2, 0.25) is 5.91 Å². The number of rotatable bonds is 6. The quantitative estimate of drug-likeness (QED) is 0.811. The first kappa shape index (κ1) is 18.3. The van der Waals surface area contributed by atoms with Gasteiger partial charge in [0.1, 0.15) is 17.5 Å². The van der Waals surface area contributed by atoms with E-state index in [0.717, 1.165) is 0 Å². The summed E-state index contributed by atoms with van der Waals surface area (Å²) < 4.78 is 29.4. The van der Waals surface area contributed by atoms with E-state index >= 15 is 0 Å². The number of nitrogens with two attached hydrogens (primary N) is 1. The highest BCUT2D eigenvalue weighted by molar-refractivity contribution is 6.44. The number of ether oxygens (including phenoxy) is 1. The summed E-state index contributed by atoms with van der Waals surface area (Å²) in [6, 6.07) is 13.8. The van der Waals surface area contributed by atoms with Gasteiger partial charge in [-0.1, -0.05) is 30.3 Å². The molecular formula is C18H16F2N4O3. The van der Waals surface area contributed by atoms with Crippen molar-refractivity contribution in [3.8, 4) is 5.75 Å². The zero-order chi connectivity index (χ0) is 19.4. The lowest BCUT2D eigenvalue weighted by atomic mass is 10.1. The van der Waals surface area contributed by atoms with Crippen LogP contribution in [0.15, 0.2) is 59.7 Å². The minimum atomic E-state index is -3.03. The summed E-state index contributed by atoms with van der Waals surface area (Å²) in [5.74, 6) is -1.44. The van der Waals surface area contributed by atoms with E-state index in [-0.39, 0.29) is 23.6 Å². The average Bonchev–Trinajstić information content (AvgIpc) is 3.09. The van der Waals surface area contributed by atoms with Gasteiger partial charge in [0.05, 0.1) is 11.4 Å². The maximum atomic E-state index is 12.5. The second-order valence-corrected chi connectivity index (χ2v) is 5.68. The molecule has 0 spiro atoms. The molecule has 1 atom stereocenters. The second kappa shape index (κ2) is 7.81. The number of hydrazone groups is 1. The lowest BCUT2D eigenvalue weighted by molar-refractivity contribution is -0.119. The number of amides is 2. The van der Waals surface area contributed by atoms with Crippen LogP contribution in [-0.4, -0.2) is 30.2 Å². The van der Waals surface area contributed by atoms with Crippen molar-refractivity contribution in [2.24, 2.45) is 10.8 Å². The average molecular weight is 374 g/mol. The number of hydrogen-bond donors (Lipinski definition) is 2. The Morgan fingerprint density at radius 1 is 1.15 bits per heavy atom. The van der Waals surface area contributed by atoms with Crippen molar-refractivity contribution in [3.05, 3.63) is 54.6 Å². The van der Waals surface area contributed by atoms with Crippen molar-refractivity contribution in [3.63, 3.8) is 0 Å². The number of anilines is 2. The van der Waals surface area contributed by atoms with Crippen LogP contribution in [0.3, 0.4) is 0 Å². The lowest BCUT2D eigenvalue weighted by Gasteiger charge is -2.20. The van der Waals surface area contributed by atoms with Crippen LogP contribution in [0.1, 0.15) is 6.42 Å². The van der Waals surface area contributed by atoms with E-state index < -0.39 is 24.5 Å². The Labute approximate surface area is 153 Å². The molecule has 2 aromatic rings. The van der Waals surface area contributed by atoms with E-state index in [1.54, 1.807) is 36.4 Å². The third-order valence-electron chi connectivity index (χ3n) is 3.87. The van der Waals surface area contributed by atoms with Gasteiger partial charge in [0.15, 0.2) is 0 Å². The maximum absolute atomic E-state index is 12.5. The standard InChI is InChI=1S/C18H16F2N4O3/c19-18(20)27-15-9-5-4-8-12(15)22-17(26)13-10-14(16(21)25)24(23-13)11-6-2-1-3-7-11/h1-9,14,18H,10H2,(H2,21,25)(H,22,26). The van der Waals surface area contributed by atoms with Gasteiger partial charge in [-0.05, 0) is 24.3 Å². The predicted molar refractivity (Wildman–Crippen MR) is 95.7 cm³/mol. The molecule has 27 heavy (non-hydrogen) atoms. The molecule has 0 bridgehead atoms. The van der Waals surface area contributed by atoms with Gasteiger partial charge in [-0.3, -0.25) is 14.6 Å². The molecule has 0 saturated heterocycles. The van der Waals surface area contributed by atoms with E-state index in [1.165, 1.54) is 23.2 Å². The van der Waals surface area contributed by atoms with E-state index in [1.807, 2.05) is 0 Å². The SMILES string of the molecule is NC(=O)C1CC(C(=O)Nc2ccccc2OC(F)F)=NN1c1ccccc1. The van der Waals surface area contributed by atoms with Gasteiger partial charge >= 0.3 is 6.61 Å². The van der Waals surface area contributed by atoms with Gasteiger partial charge in [-0.2, -0.15) is 13.9 Å². The fraction of sp³-hybridized carbons (Fsp3) is 0.167. The zero-order valence-corrected chi connectivity index (χ0v) is 14.0. The van der Waals surface area contributed by atoms with Gasteiger partial charge in [-0.25, -0.2) is 0 Å². The molecule has 140 valence electrons. The number of alkyl halides is 2. The normalized spacial score (nSPS) is 16.2. The molecule has 1 aliphatic heterocycles. The molecule has 0 aromatic heterocycles. The monoisotopic (exact) mass is 374 g/mol. The highest BCUT2D eigenvalue weighted by atomic mass is 19.3. The van der Waals surface area contributed by atoms with Crippen molar-refractivity contribution in [1.82, 2.24) is 0 Å². The van der Waals surface area contributed by atoms with E-state index in [9.17, 15) is 18.4 Å². The molecule has 0 fully saturated rings. The van der Waals surface area contributed by atoms with E-state index in [4.69, 9.17) is 5.73 Å². The molecule has 2 amide bonds. The van der Waals surface area contributed by atoms with Crippen molar-refractivity contribution in [2.75, 3.05) is 10.3 Å². The predicted octanol–water partition coefficient (Wildman–Crippen LogP) is 2.35. The topological polar surface area (TPSA) is 97.0 Å². The van der Waals surface area contributed by atoms with E-state index in [0.29, 0.717) is 5.69 Å². The number of carbonyl (C=O) groups is 2. The Bertz CT molecular complexity index is 874. The largest absolute Gasteiger partial charge is 0.433 e. The molecule has 7 nitrogen and oxygen atoms in total. The molecule has 1 unspecified atom stereocenters. The van der Waals surface area contributed by atoms with Gasteiger partial charge < -0.3 is 15.8 Å². The van der Waals surface area contributed by atoms with Crippen LogP contribution in [-0.2, 0) is 9.59 Å². The molecular weight excluding hydrogens is 358 g/mol. The number of hydrogen-bond acceptors (Lipinski definition) is 5. The van der Waals surface area contributed by atoms with Gasteiger partial charge in [0.25, 0.3) is 5.91 Å². The molecule has 0 radical (unpaired) electrons. The summed E-state index contributed by atoms with van der Waals surface area (Å²) in [6.07, 6.45) is -0.00602. The number of nitrogens with one attached hydrogen (secondary N) is 1. The van der Waals surface area contributed by atoms with Crippen molar-refractivity contribution >= 4 is 28.9 Å². The van der Waals surface area contributed by atoms with Crippen molar-refractivity contribution in [1.29, 1.82) is 0 Å². The summed E-state index contributed by atoms with van der Waals surface area (Å²) >= 11 is 0. The third kappa shape index (κ3) is 4.20. The van der Waals surface area contributed by atoms with Crippen LogP contribution in [0.2, 0.25) is 0 Å². The van der Waals surface area contributed by atoms with Gasteiger partial charge in [-0.15, -0.1) is 0 Å². The first-order valence-electron chi connectivity index (χ1n) is 8.02. The highest BCUT2D eigenvalue weighted by Gasteiger charge is 2.35. The number of para-hydroxylation sites is 3. The molecule has 9 heteroatoms. The Hall–Kier alpha value is -3.49. The minimum absolute atomic E-state index is 0.00602. The van der Waals surface area contributed by atoms with Crippen LogP contribution in [0.4, 0.5) is 20.2 Å². The number of benzene rings is 2. The fourth-order valence-electron chi connectivity index (χ4n) is 2.65. The third-order valence-corrected chi connectivity index (χ3v) is 3.87.